The molecule has 0 aliphatic heterocycles. The molecule has 2 aromatic rings. The molecule has 0 fully saturated rings. The van der Waals surface area contributed by atoms with E-state index in [2.05, 4.69) is 5.32 Å². The molecule has 0 aliphatic carbocycles. The fourth-order valence-electron chi connectivity index (χ4n) is 3.79. The number of carbonyl (C=O) groups is 2. The van der Waals surface area contributed by atoms with Crippen molar-refractivity contribution in [3.63, 3.8) is 0 Å². The fourth-order valence-corrected chi connectivity index (χ4v) is 4.85. The number of rotatable bonds is 12. The summed E-state index contributed by atoms with van der Waals surface area (Å²) in [6.45, 7) is 4.52. The number of halogens is 4. The monoisotopic (exact) mass is 591 g/mol. The van der Waals surface area contributed by atoms with Gasteiger partial charge in [0, 0.05) is 12.6 Å². The van der Waals surface area contributed by atoms with E-state index < -0.39 is 51.2 Å². The van der Waals surface area contributed by atoms with Gasteiger partial charge >= 0.3 is 6.18 Å². The summed E-state index contributed by atoms with van der Waals surface area (Å²) in [5.74, 6) is -0.624. The first-order chi connectivity index (χ1) is 18.1. The molecule has 2 aromatic carbocycles. The highest BCUT2D eigenvalue weighted by atomic mass is 35.5. The number of hydrogen-bond acceptors (Lipinski definition) is 5. The quantitative estimate of drug-likeness (QED) is 0.380. The Labute approximate surface area is 232 Å². The standard InChI is InChI=1S/C26H33ClF3N3O5S/c1-6-17(3)31-25(35)23(7-2)32(15-18-8-11-20(38-4)12-9-18)24(34)16-33(39(5,36)37)19-10-13-22(27)21(14-19)26(28,29)30/h8-14,17,23H,6-7,15-16H2,1-5H3,(H,31,35)/t17-,23-/m0/s1. The molecule has 2 amide bonds. The van der Waals surface area contributed by atoms with Gasteiger partial charge in [0.25, 0.3) is 0 Å². The number of amides is 2. The summed E-state index contributed by atoms with van der Waals surface area (Å²) in [5, 5.41) is 2.23. The molecule has 0 radical (unpaired) electrons. The van der Waals surface area contributed by atoms with E-state index in [-0.39, 0.29) is 24.7 Å². The highest BCUT2D eigenvalue weighted by Gasteiger charge is 2.36. The molecule has 0 saturated carbocycles. The zero-order valence-electron chi connectivity index (χ0n) is 22.4. The second kappa shape index (κ2) is 13.4. The molecule has 0 heterocycles. The van der Waals surface area contributed by atoms with Crippen LogP contribution in [0.25, 0.3) is 0 Å². The van der Waals surface area contributed by atoms with Crippen molar-refractivity contribution in [3.8, 4) is 5.75 Å². The number of nitrogens with zero attached hydrogens (tertiary/aromatic N) is 2. The van der Waals surface area contributed by atoms with Gasteiger partial charge in [-0.2, -0.15) is 13.2 Å². The van der Waals surface area contributed by atoms with Crippen LogP contribution >= 0.6 is 11.6 Å². The van der Waals surface area contributed by atoms with Crippen molar-refractivity contribution >= 4 is 39.1 Å². The van der Waals surface area contributed by atoms with E-state index in [4.69, 9.17) is 16.3 Å². The van der Waals surface area contributed by atoms with Gasteiger partial charge in [0.1, 0.15) is 18.3 Å². The number of sulfonamides is 1. The number of benzene rings is 2. The van der Waals surface area contributed by atoms with Crippen LogP contribution in [0.5, 0.6) is 5.75 Å². The van der Waals surface area contributed by atoms with Crippen molar-refractivity contribution in [2.24, 2.45) is 0 Å². The predicted molar refractivity (Wildman–Crippen MR) is 144 cm³/mol. The molecule has 0 bridgehead atoms. The molecular weight excluding hydrogens is 559 g/mol. The third-order valence-corrected chi connectivity index (χ3v) is 7.59. The summed E-state index contributed by atoms with van der Waals surface area (Å²) in [6, 6.07) is 8.19. The zero-order chi connectivity index (χ0) is 29.5. The van der Waals surface area contributed by atoms with E-state index in [0.717, 1.165) is 18.4 Å². The maximum Gasteiger partial charge on any atom is 0.417 e. The van der Waals surface area contributed by atoms with Gasteiger partial charge in [-0.15, -0.1) is 0 Å². The molecule has 0 unspecified atom stereocenters. The number of alkyl halides is 3. The molecule has 216 valence electrons. The van der Waals surface area contributed by atoms with E-state index >= 15 is 0 Å². The summed E-state index contributed by atoms with van der Waals surface area (Å²) < 4.78 is 71.5. The molecule has 0 aliphatic rings. The van der Waals surface area contributed by atoms with Gasteiger partial charge in [0.05, 0.1) is 29.6 Å². The van der Waals surface area contributed by atoms with Crippen molar-refractivity contribution in [3.05, 3.63) is 58.6 Å². The van der Waals surface area contributed by atoms with E-state index in [0.29, 0.717) is 28.1 Å². The summed E-state index contributed by atoms with van der Waals surface area (Å²) in [6.07, 6.45) is -3.21. The Balaban J connectivity index is 2.52. The highest BCUT2D eigenvalue weighted by molar-refractivity contribution is 7.92. The third kappa shape index (κ3) is 8.76. The topological polar surface area (TPSA) is 96.0 Å². The number of carbonyl (C=O) groups excluding carboxylic acids is 2. The van der Waals surface area contributed by atoms with Crippen molar-refractivity contribution in [1.29, 1.82) is 0 Å². The van der Waals surface area contributed by atoms with Crippen LogP contribution in [0, 0.1) is 0 Å². The number of ether oxygens (including phenoxy) is 1. The maximum atomic E-state index is 13.7. The first-order valence-electron chi connectivity index (χ1n) is 12.2. The Morgan fingerprint density at radius 2 is 1.69 bits per heavy atom. The average molecular weight is 592 g/mol. The number of anilines is 1. The van der Waals surface area contributed by atoms with Gasteiger partial charge in [-0.3, -0.25) is 13.9 Å². The Hall–Kier alpha value is -2.99. The fraction of sp³-hybridized carbons (Fsp3) is 0.462. The lowest BCUT2D eigenvalue weighted by atomic mass is 10.1. The molecule has 13 heteroatoms. The molecule has 2 atom stereocenters. The Kier molecular flexibility index (Phi) is 11.1. The van der Waals surface area contributed by atoms with E-state index in [1.165, 1.54) is 12.0 Å². The Bertz CT molecular complexity index is 1260. The van der Waals surface area contributed by atoms with Crippen LogP contribution in [0.4, 0.5) is 18.9 Å². The Morgan fingerprint density at radius 3 is 2.18 bits per heavy atom. The highest BCUT2D eigenvalue weighted by Crippen LogP contribution is 2.37. The van der Waals surface area contributed by atoms with Gasteiger partial charge in [-0.1, -0.05) is 37.6 Å². The molecule has 39 heavy (non-hydrogen) atoms. The smallest absolute Gasteiger partial charge is 0.417 e. The van der Waals surface area contributed by atoms with Crippen molar-refractivity contribution < 1.29 is 35.9 Å². The number of nitrogens with one attached hydrogen (secondary N) is 1. The lowest BCUT2D eigenvalue weighted by Crippen LogP contribution is -2.53. The third-order valence-electron chi connectivity index (χ3n) is 6.12. The summed E-state index contributed by atoms with van der Waals surface area (Å²) >= 11 is 5.70. The molecule has 0 aromatic heterocycles. The van der Waals surface area contributed by atoms with Crippen LogP contribution in [0.2, 0.25) is 5.02 Å². The van der Waals surface area contributed by atoms with Crippen LogP contribution in [0.15, 0.2) is 42.5 Å². The van der Waals surface area contributed by atoms with Gasteiger partial charge in [0.15, 0.2) is 0 Å². The number of hydrogen-bond donors (Lipinski definition) is 1. The van der Waals surface area contributed by atoms with E-state index in [9.17, 15) is 31.2 Å². The minimum absolute atomic E-state index is 0.0543. The second-order valence-electron chi connectivity index (χ2n) is 9.04. The first-order valence-corrected chi connectivity index (χ1v) is 14.4. The zero-order valence-corrected chi connectivity index (χ0v) is 24.0. The first kappa shape index (κ1) is 32.2. The van der Waals surface area contributed by atoms with Gasteiger partial charge in [-0.05, 0) is 55.7 Å². The molecule has 0 saturated heterocycles. The molecule has 8 nitrogen and oxygen atoms in total. The van der Waals surface area contributed by atoms with Crippen LogP contribution in [-0.2, 0) is 32.3 Å². The summed E-state index contributed by atoms with van der Waals surface area (Å²) in [5.41, 5.74) is -0.989. The van der Waals surface area contributed by atoms with Crippen molar-refractivity contribution in [1.82, 2.24) is 10.2 Å². The second-order valence-corrected chi connectivity index (χ2v) is 11.4. The predicted octanol–water partition coefficient (Wildman–Crippen LogP) is 4.86. The summed E-state index contributed by atoms with van der Waals surface area (Å²) in [7, 11) is -2.72. The minimum atomic E-state index is -4.85. The Morgan fingerprint density at radius 1 is 1.08 bits per heavy atom. The lowest BCUT2D eigenvalue weighted by Gasteiger charge is -2.33. The van der Waals surface area contributed by atoms with Crippen LogP contribution in [0.1, 0.15) is 44.7 Å². The molecular formula is C26H33ClF3N3O5S. The largest absolute Gasteiger partial charge is 0.497 e. The number of methoxy groups -OCH3 is 1. The van der Waals surface area contributed by atoms with Gasteiger partial charge in [-0.25, -0.2) is 8.42 Å². The summed E-state index contributed by atoms with van der Waals surface area (Å²) in [4.78, 5) is 28.0. The van der Waals surface area contributed by atoms with Crippen molar-refractivity contribution in [2.75, 3.05) is 24.2 Å². The average Bonchev–Trinajstić information content (AvgIpc) is 2.86. The van der Waals surface area contributed by atoms with Gasteiger partial charge < -0.3 is 15.0 Å². The lowest BCUT2D eigenvalue weighted by molar-refractivity contribution is -0.140. The van der Waals surface area contributed by atoms with Crippen LogP contribution in [-0.4, -0.2) is 57.1 Å². The normalized spacial score (nSPS) is 13.4. The molecule has 0 spiro atoms. The van der Waals surface area contributed by atoms with E-state index in [1.807, 2.05) is 13.8 Å². The van der Waals surface area contributed by atoms with Crippen molar-refractivity contribution in [2.45, 2.75) is 58.4 Å². The SMILES string of the molecule is CC[C@H](C)NC(=O)[C@H](CC)N(Cc1ccc(OC)cc1)C(=O)CN(c1ccc(Cl)c(C(F)(F)F)c1)S(C)(=O)=O. The van der Waals surface area contributed by atoms with Gasteiger partial charge in [0.2, 0.25) is 21.8 Å². The maximum absolute atomic E-state index is 13.7. The van der Waals surface area contributed by atoms with E-state index in [1.54, 1.807) is 31.2 Å². The van der Waals surface area contributed by atoms with Crippen LogP contribution in [0.3, 0.4) is 0 Å². The molecule has 2 rings (SSSR count). The molecule has 1 N–H and O–H groups in total. The van der Waals surface area contributed by atoms with Crippen LogP contribution < -0.4 is 14.4 Å². The minimum Gasteiger partial charge on any atom is -0.497 e.